The van der Waals surface area contributed by atoms with Gasteiger partial charge in [0.1, 0.15) is 5.92 Å². The monoisotopic (exact) mass is 265 g/mol. The van der Waals surface area contributed by atoms with Gasteiger partial charge in [0, 0.05) is 0 Å². The molecule has 0 aromatic heterocycles. The summed E-state index contributed by atoms with van der Waals surface area (Å²) in [6.07, 6.45) is 0. The first-order chi connectivity index (χ1) is 9.70. The topological polar surface area (TPSA) is 54.5 Å². The molecule has 1 unspecified atom stereocenters. The van der Waals surface area contributed by atoms with Gasteiger partial charge in [-0.1, -0.05) is 48.5 Å². The van der Waals surface area contributed by atoms with Gasteiger partial charge in [-0.3, -0.25) is 14.4 Å². The third-order valence-corrected chi connectivity index (χ3v) is 3.29. The van der Waals surface area contributed by atoms with Gasteiger partial charge in [-0.05, 0) is 17.7 Å². The fourth-order valence-corrected chi connectivity index (χ4v) is 2.34. The number of carbonyl (C=O) groups excluding carboxylic acids is 3. The van der Waals surface area contributed by atoms with E-state index in [0.717, 1.165) is 4.90 Å². The van der Waals surface area contributed by atoms with E-state index in [2.05, 4.69) is 0 Å². The molecule has 0 aliphatic carbocycles. The molecule has 1 atom stereocenters. The molecule has 20 heavy (non-hydrogen) atoms. The first-order valence-corrected chi connectivity index (χ1v) is 6.22. The zero-order valence-electron chi connectivity index (χ0n) is 10.5. The van der Waals surface area contributed by atoms with E-state index in [1.54, 1.807) is 60.7 Å². The van der Waals surface area contributed by atoms with E-state index in [4.69, 9.17) is 0 Å². The summed E-state index contributed by atoms with van der Waals surface area (Å²) < 4.78 is 0. The molecule has 0 N–H and O–H groups in total. The molecule has 1 aliphatic rings. The van der Waals surface area contributed by atoms with Crippen molar-refractivity contribution in [2.24, 2.45) is 0 Å². The van der Waals surface area contributed by atoms with Crippen molar-refractivity contribution in [3.8, 4) is 0 Å². The molecule has 2 aromatic carbocycles. The highest BCUT2D eigenvalue weighted by molar-refractivity contribution is 6.57. The number of amides is 2. The molecule has 2 aromatic rings. The largest absolute Gasteiger partial charge is 0.302 e. The summed E-state index contributed by atoms with van der Waals surface area (Å²) >= 11 is 0. The molecule has 98 valence electrons. The Bertz CT molecular complexity index is 620. The molecule has 3 rings (SSSR count). The molecular weight excluding hydrogens is 254 g/mol. The number of rotatable bonds is 2. The Morgan fingerprint density at radius 3 is 1.90 bits per heavy atom. The SMILES string of the molecule is O=C1C(=O)N(c2ccccc2)C(=O)C1c1ccccc1. The minimum absolute atomic E-state index is 0.425. The number of nitrogens with zero attached hydrogens (tertiary/aromatic N) is 1. The van der Waals surface area contributed by atoms with E-state index in [9.17, 15) is 14.4 Å². The summed E-state index contributed by atoms with van der Waals surface area (Å²) in [5, 5.41) is 0. The van der Waals surface area contributed by atoms with Crippen LogP contribution in [-0.2, 0) is 14.4 Å². The molecular formula is C16H11NO3. The molecule has 4 nitrogen and oxygen atoms in total. The number of ketones is 1. The number of anilines is 1. The van der Waals surface area contributed by atoms with Crippen LogP contribution in [0.25, 0.3) is 0 Å². The predicted molar refractivity (Wildman–Crippen MR) is 73.1 cm³/mol. The Hall–Kier alpha value is -2.75. The Kier molecular flexibility index (Phi) is 2.91. The number of hydrogen-bond donors (Lipinski definition) is 0. The highest BCUT2D eigenvalue weighted by atomic mass is 16.2. The molecule has 2 amide bonds. The van der Waals surface area contributed by atoms with Crippen molar-refractivity contribution < 1.29 is 14.4 Å². The van der Waals surface area contributed by atoms with Crippen molar-refractivity contribution in [1.82, 2.24) is 0 Å². The van der Waals surface area contributed by atoms with Crippen molar-refractivity contribution in [1.29, 1.82) is 0 Å². The van der Waals surface area contributed by atoms with Crippen molar-refractivity contribution in [2.75, 3.05) is 4.90 Å². The highest BCUT2D eigenvalue weighted by Gasteiger charge is 2.48. The lowest BCUT2D eigenvalue weighted by molar-refractivity contribution is -0.134. The van der Waals surface area contributed by atoms with Crippen molar-refractivity contribution in [3.05, 3.63) is 66.2 Å². The van der Waals surface area contributed by atoms with Crippen LogP contribution in [0, 0.1) is 0 Å². The molecule has 1 fully saturated rings. The van der Waals surface area contributed by atoms with Gasteiger partial charge >= 0.3 is 5.91 Å². The standard InChI is InChI=1S/C16H11NO3/c18-14-13(11-7-3-1-4-8-11)15(19)17(16(14)20)12-9-5-2-6-10-12/h1-10,13H. The second kappa shape index (κ2) is 4.74. The lowest BCUT2D eigenvalue weighted by Gasteiger charge is -2.13. The number of benzene rings is 2. The summed E-state index contributed by atoms with van der Waals surface area (Å²) in [7, 11) is 0. The smallest absolute Gasteiger partial charge is 0.287 e. The maximum absolute atomic E-state index is 12.4. The fraction of sp³-hybridized carbons (Fsp3) is 0.0625. The number of carbonyl (C=O) groups is 3. The molecule has 1 saturated heterocycles. The van der Waals surface area contributed by atoms with E-state index in [1.165, 1.54) is 0 Å². The van der Waals surface area contributed by atoms with Crippen molar-refractivity contribution in [2.45, 2.75) is 5.92 Å². The van der Waals surface area contributed by atoms with Crippen LogP contribution in [0.2, 0.25) is 0 Å². The van der Waals surface area contributed by atoms with Crippen LogP contribution in [0.5, 0.6) is 0 Å². The molecule has 1 heterocycles. The average Bonchev–Trinajstić information content (AvgIpc) is 2.71. The van der Waals surface area contributed by atoms with Crippen molar-refractivity contribution in [3.63, 3.8) is 0 Å². The van der Waals surface area contributed by atoms with Gasteiger partial charge in [0.25, 0.3) is 0 Å². The van der Waals surface area contributed by atoms with Crippen molar-refractivity contribution >= 4 is 23.3 Å². The van der Waals surface area contributed by atoms with Crippen LogP contribution in [0.15, 0.2) is 60.7 Å². The summed E-state index contributed by atoms with van der Waals surface area (Å²) in [4.78, 5) is 37.5. The Labute approximate surface area is 115 Å². The van der Waals surface area contributed by atoms with Gasteiger partial charge in [-0.15, -0.1) is 0 Å². The first kappa shape index (κ1) is 12.3. The quantitative estimate of drug-likeness (QED) is 0.473. The summed E-state index contributed by atoms with van der Waals surface area (Å²) in [5.74, 6) is -2.96. The zero-order chi connectivity index (χ0) is 14.1. The average molecular weight is 265 g/mol. The predicted octanol–water partition coefficient (Wildman–Crippen LogP) is 1.91. The molecule has 0 saturated carbocycles. The molecule has 0 radical (unpaired) electrons. The molecule has 0 spiro atoms. The second-order valence-corrected chi connectivity index (χ2v) is 4.52. The molecule has 4 heteroatoms. The van der Waals surface area contributed by atoms with Gasteiger partial charge in [0.15, 0.2) is 0 Å². The fourth-order valence-electron chi connectivity index (χ4n) is 2.34. The summed E-state index contributed by atoms with van der Waals surface area (Å²) in [6, 6.07) is 17.1. The number of imide groups is 1. The Morgan fingerprint density at radius 1 is 0.750 bits per heavy atom. The molecule has 1 aliphatic heterocycles. The number of hydrogen-bond acceptors (Lipinski definition) is 3. The van der Waals surface area contributed by atoms with Crippen LogP contribution in [0.1, 0.15) is 11.5 Å². The first-order valence-electron chi connectivity index (χ1n) is 6.22. The van der Waals surface area contributed by atoms with Gasteiger partial charge in [0.2, 0.25) is 11.7 Å². The van der Waals surface area contributed by atoms with Crippen LogP contribution >= 0.6 is 0 Å². The maximum Gasteiger partial charge on any atom is 0.302 e. The van der Waals surface area contributed by atoms with Crippen LogP contribution in [-0.4, -0.2) is 17.6 Å². The normalized spacial score (nSPS) is 18.7. The zero-order valence-corrected chi connectivity index (χ0v) is 10.5. The van der Waals surface area contributed by atoms with E-state index in [1.807, 2.05) is 0 Å². The summed E-state index contributed by atoms with van der Waals surface area (Å²) in [6.45, 7) is 0. The Balaban J connectivity index is 2.03. The Morgan fingerprint density at radius 2 is 1.30 bits per heavy atom. The van der Waals surface area contributed by atoms with E-state index >= 15 is 0 Å². The molecule has 0 bridgehead atoms. The van der Waals surface area contributed by atoms with Gasteiger partial charge in [-0.2, -0.15) is 0 Å². The second-order valence-electron chi connectivity index (χ2n) is 4.52. The third-order valence-electron chi connectivity index (χ3n) is 3.29. The maximum atomic E-state index is 12.4. The minimum Gasteiger partial charge on any atom is -0.287 e. The third kappa shape index (κ3) is 1.82. The van der Waals surface area contributed by atoms with Gasteiger partial charge in [-0.25, -0.2) is 4.90 Å². The van der Waals surface area contributed by atoms with E-state index in [-0.39, 0.29) is 0 Å². The summed E-state index contributed by atoms with van der Waals surface area (Å²) in [5.41, 5.74) is 0.976. The van der Waals surface area contributed by atoms with Crippen LogP contribution in [0.4, 0.5) is 5.69 Å². The number of Topliss-reactive ketones (excluding diaryl/α,β-unsaturated/α-hetero) is 1. The lowest BCUT2D eigenvalue weighted by atomic mass is 9.97. The van der Waals surface area contributed by atoms with Crippen LogP contribution in [0.3, 0.4) is 0 Å². The van der Waals surface area contributed by atoms with Gasteiger partial charge in [0.05, 0.1) is 5.69 Å². The van der Waals surface area contributed by atoms with E-state index < -0.39 is 23.5 Å². The van der Waals surface area contributed by atoms with Crippen LogP contribution < -0.4 is 4.90 Å². The minimum atomic E-state index is -1.02. The lowest BCUT2D eigenvalue weighted by Crippen LogP contribution is -2.30. The number of para-hydroxylation sites is 1. The highest BCUT2D eigenvalue weighted by Crippen LogP contribution is 2.30. The van der Waals surface area contributed by atoms with Gasteiger partial charge < -0.3 is 0 Å². The van der Waals surface area contributed by atoms with E-state index in [0.29, 0.717) is 11.3 Å².